The van der Waals surface area contributed by atoms with Gasteiger partial charge in [-0.2, -0.15) is 0 Å². The SMILES string of the molecule is CCC(C)(OC)N(NC)NC. The molecule has 4 nitrogen and oxygen atoms in total. The molecule has 0 aromatic heterocycles. The summed E-state index contributed by atoms with van der Waals surface area (Å²) in [6, 6.07) is 0. The molecular formula is C7H19N3O. The number of hydrogen-bond donors (Lipinski definition) is 2. The normalized spacial score (nSPS) is 16.9. The molecule has 0 heterocycles. The predicted octanol–water partition coefficient (Wildman–Crippen LogP) is 0.330. The first-order chi connectivity index (χ1) is 5.14. The summed E-state index contributed by atoms with van der Waals surface area (Å²) >= 11 is 0. The van der Waals surface area contributed by atoms with Gasteiger partial charge >= 0.3 is 0 Å². The fraction of sp³-hybridized carbons (Fsp3) is 1.00. The lowest BCUT2D eigenvalue weighted by molar-refractivity contribution is -0.167. The van der Waals surface area contributed by atoms with Gasteiger partial charge in [0.15, 0.2) is 0 Å². The summed E-state index contributed by atoms with van der Waals surface area (Å²) < 4.78 is 5.33. The van der Waals surface area contributed by atoms with Crippen molar-refractivity contribution in [2.75, 3.05) is 21.2 Å². The van der Waals surface area contributed by atoms with Crippen molar-refractivity contribution in [3.05, 3.63) is 0 Å². The second-order valence-corrected chi connectivity index (χ2v) is 2.52. The van der Waals surface area contributed by atoms with Crippen LogP contribution in [0.3, 0.4) is 0 Å². The molecule has 11 heavy (non-hydrogen) atoms. The summed E-state index contributed by atoms with van der Waals surface area (Å²) in [5.74, 6) is 0. The summed E-state index contributed by atoms with van der Waals surface area (Å²) in [6.45, 7) is 4.09. The molecule has 0 radical (unpaired) electrons. The number of rotatable bonds is 5. The zero-order chi connectivity index (χ0) is 8.91. The Kier molecular flexibility index (Phi) is 4.60. The molecule has 1 atom stereocenters. The first-order valence-corrected chi connectivity index (χ1v) is 3.84. The molecule has 0 saturated carbocycles. The summed E-state index contributed by atoms with van der Waals surface area (Å²) in [5, 5.41) is 1.83. The van der Waals surface area contributed by atoms with E-state index in [-0.39, 0.29) is 5.72 Å². The van der Waals surface area contributed by atoms with Gasteiger partial charge in [-0.25, -0.2) is 10.9 Å². The van der Waals surface area contributed by atoms with Crippen LogP contribution in [0, 0.1) is 0 Å². The molecule has 0 fully saturated rings. The van der Waals surface area contributed by atoms with E-state index in [0.717, 1.165) is 6.42 Å². The Morgan fingerprint density at radius 1 is 1.36 bits per heavy atom. The minimum absolute atomic E-state index is 0.288. The minimum Gasteiger partial charge on any atom is -0.361 e. The molecule has 0 spiro atoms. The van der Waals surface area contributed by atoms with Crippen LogP contribution in [0.15, 0.2) is 0 Å². The average Bonchev–Trinajstić information content (AvgIpc) is 2.06. The molecule has 0 aromatic rings. The molecule has 0 aromatic carbocycles. The third-order valence-electron chi connectivity index (χ3n) is 2.02. The highest BCUT2D eigenvalue weighted by Crippen LogP contribution is 2.14. The summed E-state index contributed by atoms with van der Waals surface area (Å²) in [6.07, 6.45) is 0.908. The van der Waals surface area contributed by atoms with Gasteiger partial charge in [-0.05, 0) is 13.3 Å². The molecule has 0 amide bonds. The fourth-order valence-corrected chi connectivity index (χ4v) is 0.979. The topological polar surface area (TPSA) is 36.5 Å². The van der Waals surface area contributed by atoms with Crippen LogP contribution in [0.25, 0.3) is 0 Å². The van der Waals surface area contributed by atoms with Crippen molar-refractivity contribution in [1.29, 1.82) is 0 Å². The number of nitrogens with one attached hydrogen (secondary N) is 2. The first kappa shape index (κ1) is 10.8. The molecule has 4 heteroatoms. The highest BCUT2D eigenvalue weighted by Gasteiger charge is 2.27. The molecule has 2 N–H and O–H groups in total. The molecule has 1 unspecified atom stereocenters. The van der Waals surface area contributed by atoms with E-state index in [1.54, 1.807) is 7.11 Å². The lowest BCUT2D eigenvalue weighted by Gasteiger charge is -2.37. The Labute approximate surface area is 68.8 Å². The van der Waals surface area contributed by atoms with Gasteiger partial charge in [0.1, 0.15) is 5.72 Å². The molecule has 0 saturated heterocycles. The largest absolute Gasteiger partial charge is 0.361 e. The Balaban J connectivity index is 4.19. The molecule has 0 bridgehead atoms. The highest BCUT2D eigenvalue weighted by molar-refractivity contribution is 4.67. The lowest BCUT2D eigenvalue weighted by Crippen LogP contribution is -2.59. The van der Waals surface area contributed by atoms with Gasteiger partial charge in [0.05, 0.1) is 0 Å². The van der Waals surface area contributed by atoms with E-state index in [9.17, 15) is 0 Å². The van der Waals surface area contributed by atoms with E-state index in [0.29, 0.717) is 0 Å². The minimum atomic E-state index is -0.288. The van der Waals surface area contributed by atoms with Crippen LogP contribution in [0.1, 0.15) is 20.3 Å². The molecule has 0 aliphatic rings. The van der Waals surface area contributed by atoms with Crippen molar-refractivity contribution in [2.24, 2.45) is 0 Å². The number of ether oxygens (including phenoxy) is 1. The van der Waals surface area contributed by atoms with Crippen molar-refractivity contribution in [3.8, 4) is 0 Å². The van der Waals surface area contributed by atoms with Gasteiger partial charge < -0.3 is 4.74 Å². The van der Waals surface area contributed by atoms with Gasteiger partial charge in [-0.3, -0.25) is 0 Å². The van der Waals surface area contributed by atoms with Crippen LogP contribution in [0.2, 0.25) is 0 Å². The Morgan fingerprint density at radius 2 is 1.82 bits per heavy atom. The standard InChI is InChI=1S/C7H19N3O/c1-6-7(2,11-5)10(8-3)9-4/h8-9H,6H2,1-5H3. The molecule has 0 rings (SSSR count). The van der Waals surface area contributed by atoms with Crippen LogP contribution >= 0.6 is 0 Å². The second-order valence-electron chi connectivity index (χ2n) is 2.52. The van der Waals surface area contributed by atoms with Gasteiger partial charge in [0.25, 0.3) is 0 Å². The van der Waals surface area contributed by atoms with Crippen LogP contribution in [-0.2, 0) is 4.74 Å². The quantitative estimate of drug-likeness (QED) is 0.450. The van der Waals surface area contributed by atoms with E-state index in [1.165, 1.54) is 0 Å². The van der Waals surface area contributed by atoms with Gasteiger partial charge in [-0.15, -0.1) is 5.12 Å². The third-order valence-corrected chi connectivity index (χ3v) is 2.02. The van der Waals surface area contributed by atoms with Crippen molar-refractivity contribution >= 4 is 0 Å². The summed E-state index contributed by atoms with van der Waals surface area (Å²) in [7, 11) is 5.40. The number of hydrogen-bond acceptors (Lipinski definition) is 4. The highest BCUT2D eigenvalue weighted by atomic mass is 16.5. The molecule has 0 aliphatic carbocycles. The lowest BCUT2D eigenvalue weighted by atomic mass is 10.2. The van der Waals surface area contributed by atoms with Gasteiger partial charge in [-0.1, -0.05) is 6.92 Å². The van der Waals surface area contributed by atoms with Gasteiger partial charge in [0, 0.05) is 21.2 Å². The van der Waals surface area contributed by atoms with Crippen molar-refractivity contribution < 1.29 is 4.74 Å². The van der Waals surface area contributed by atoms with Crippen molar-refractivity contribution in [1.82, 2.24) is 16.0 Å². The van der Waals surface area contributed by atoms with E-state index < -0.39 is 0 Å². The number of nitrogens with zero attached hydrogens (tertiary/aromatic N) is 1. The van der Waals surface area contributed by atoms with E-state index in [1.807, 2.05) is 26.1 Å². The summed E-state index contributed by atoms with van der Waals surface area (Å²) in [4.78, 5) is 0. The maximum Gasteiger partial charge on any atom is 0.144 e. The van der Waals surface area contributed by atoms with Crippen LogP contribution < -0.4 is 10.9 Å². The smallest absolute Gasteiger partial charge is 0.144 e. The monoisotopic (exact) mass is 161 g/mol. The average molecular weight is 161 g/mol. The van der Waals surface area contributed by atoms with Crippen molar-refractivity contribution in [3.63, 3.8) is 0 Å². The van der Waals surface area contributed by atoms with E-state index in [4.69, 9.17) is 4.74 Å². The molecule has 0 aliphatic heterocycles. The zero-order valence-corrected chi connectivity index (χ0v) is 8.06. The molecule has 68 valence electrons. The Morgan fingerprint density at radius 3 is 1.91 bits per heavy atom. The van der Waals surface area contributed by atoms with Crippen LogP contribution in [0.5, 0.6) is 0 Å². The maximum atomic E-state index is 5.33. The molecular weight excluding hydrogens is 142 g/mol. The van der Waals surface area contributed by atoms with Crippen LogP contribution in [-0.4, -0.2) is 32.0 Å². The Hall–Kier alpha value is -0.160. The maximum absolute atomic E-state index is 5.33. The van der Waals surface area contributed by atoms with Crippen LogP contribution in [0.4, 0.5) is 0 Å². The predicted molar refractivity (Wildman–Crippen MR) is 45.7 cm³/mol. The third kappa shape index (κ3) is 2.41. The fourth-order valence-electron chi connectivity index (χ4n) is 0.979. The Bertz CT molecular complexity index is 99.9. The number of hydrazine groups is 2. The van der Waals surface area contributed by atoms with E-state index >= 15 is 0 Å². The van der Waals surface area contributed by atoms with Crippen molar-refractivity contribution in [2.45, 2.75) is 26.0 Å². The first-order valence-electron chi connectivity index (χ1n) is 3.84. The van der Waals surface area contributed by atoms with E-state index in [2.05, 4.69) is 17.8 Å². The zero-order valence-electron chi connectivity index (χ0n) is 8.06. The second kappa shape index (κ2) is 4.66. The summed E-state index contributed by atoms with van der Waals surface area (Å²) in [5.41, 5.74) is 5.69. The van der Waals surface area contributed by atoms with Gasteiger partial charge in [0.2, 0.25) is 0 Å². The number of methoxy groups -OCH3 is 1.